The molecule has 1 saturated carbocycles. The van der Waals surface area contributed by atoms with Gasteiger partial charge in [0.25, 0.3) is 0 Å². The number of hydrogen-bond acceptors (Lipinski definition) is 4. The smallest absolute Gasteiger partial charge is 0.416 e. The zero-order chi connectivity index (χ0) is 20.6. The van der Waals surface area contributed by atoms with Crippen LogP contribution in [0, 0.1) is 12.8 Å². The second kappa shape index (κ2) is 7.33. The standard InChI is InChI=1S/C20H20F3NO4/c1-11-15(19(26)27-3)8-14(28-11)10-24(2)18(25)17-9-16(17)12-4-6-13(7-5-12)20(21,22)23/h4-8,16-17H,9-10H2,1-3H3. The Balaban J connectivity index is 1.62. The van der Waals surface area contributed by atoms with Gasteiger partial charge in [-0.15, -0.1) is 0 Å². The maximum Gasteiger partial charge on any atom is 0.416 e. The molecule has 1 aliphatic carbocycles. The minimum absolute atomic E-state index is 0.0822. The fourth-order valence-electron chi connectivity index (χ4n) is 3.28. The molecule has 1 aromatic carbocycles. The Morgan fingerprint density at radius 3 is 2.46 bits per heavy atom. The lowest BCUT2D eigenvalue weighted by Crippen LogP contribution is -2.27. The summed E-state index contributed by atoms with van der Waals surface area (Å²) in [5.41, 5.74) is 0.334. The molecule has 1 heterocycles. The number of alkyl halides is 3. The van der Waals surface area contributed by atoms with Crippen molar-refractivity contribution in [2.75, 3.05) is 14.2 Å². The molecular weight excluding hydrogens is 375 g/mol. The Bertz CT molecular complexity index is 886. The first-order valence-electron chi connectivity index (χ1n) is 8.71. The van der Waals surface area contributed by atoms with Crippen LogP contribution >= 0.6 is 0 Å². The summed E-state index contributed by atoms with van der Waals surface area (Å²) in [6, 6.07) is 6.49. The van der Waals surface area contributed by atoms with Gasteiger partial charge in [0.2, 0.25) is 5.91 Å². The average Bonchev–Trinajstić information content (AvgIpc) is 3.36. The lowest BCUT2D eigenvalue weighted by atomic mass is 10.1. The molecule has 1 amide bonds. The molecule has 0 saturated heterocycles. The van der Waals surface area contributed by atoms with Crippen LogP contribution in [0.15, 0.2) is 34.7 Å². The van der Waals surface area contributed by atoms with Crippen molar-refractivity contribution < 1.29 is 31.9 Å². The van der Waals surface area contributed by atoms with Gasteiger partial charge in [0.05, 0.1) is 19.2 Å². The topological polar surface area (TPSA) is 59.8 Å². The Kier molecular flexibility index (Phi) is 5.23. The molecule has 1 aliphatic rings. The number of methoxy groups -OCH3 is 1. The molecule has 1 fully saturated rings. The average molecular weight is 395 g/mol. The first-order chi connectivity index (χ1) is 13.1. The number of carbonyl (C=O) groups is 2. The highest BCUT2D eigenvalue weighted by Gasteiger charge is 2.45. The van der Waals surface area contributed by atoms with Gasteiger partial charge in [-0.05, 0) is 43.0 Å². The summed E-state index contributed by atoms with van der Waals surface area (Å²) < 4.78 is 48.2. The third-order valence-corrected chi connectivity index (χ3v) is 4.92. The molecule has 0 spiro atoms. The van der Waals surface area contributed by atoms with E-state index in [-0.39, 0.29) is 24.3 Å². The van der Waals surface area contributed by atoms with Gasteiger partial charge in [0.15, 0.2) is 0 Å². The monoisotopic (exact) mass is 395 g/mol. The molecule has 5 nitrogen and oxygen atoms in total. The maximum absolute atomic E-state index is 12.7. The van der Waals surface area contributed by atoms with Crippen molar-refractivity contribution in [1.82, 2.24) is 4.90 Å². The number of aryl methyl sites for hydroxylation is 1. The number of nitrogens with zero attached hydrogens (tertiary/aromatic N) is 1. The number of benzene rings is 1. The number of furan rings is 1. The molecule has 3 rings (SSSR count). The van der Waals surface area contributed by atoms with Crippen molar-refractivity contribution in [3.05, 3.63) is 58.5 Å². The van der Waals surface area contributed by atoms with Crippen molar-refractivity contribution in [3.8, 4) is 0 Å². The molecule has 0 aliphatic heterocycles. The van der Waals surface area contributed by atoms with Gasteiger partial charge >= 0.3 is 12.1 Å². The summed E-state index contributed by atoms with van der Waals surface area (Å²) in [6.45, 7) is 1.83. The van der Waals surface area contributed by atoms with Crippen LogP contribution in [0.5, 0.6) is 0 Å². The number of carbonyl (C=O) groups excluding carboxylic acids is 2. The first-order valence-corrected chi connectivity index (χ1v) is 8.71. The van der Waals surface area contributed by atoms with E-state index in [4.69, 9.17) is 4.42 Å². The lowest BCUT2D eigenvalue weighted by Gasteiger charge is -2.16. The lowest BCUT2D eigenvalue weighted by molar-refractivity contribution is -0.137. The fourth-order valence-corrected chi connectivity index (χ4v) is 3.28. The largest absolute Gasteiger partial charge is 0.465 e. The highest BCUT2D eigenvalue weighted by atomic mass is 19.4. The summed E-state index contributed by atoms with van der Waals surface area (Å²) in [6.07, 6.45) is -3.78. The number of halogens is 3. The van der Waals surface area contributed by atoms with Crippen LogP contribution in [0.2, 0.25) is 0 Å². The number of esters is 1. The molecule has 0 bridgehead atoms. The van der Waals surface area contributed by atoms with Crippen molar-refractivity contribution in [2.45, 2.75) is 32.0 Å². The SMILES string of the molecule is COC(=O)c1cc(CN(C)C(=O)C2CC2c2ccc(C(F)(F)F)cc2)oc1C. The van der Waals surface area contributed by atoms with Crippen LogP contribution in [0.25, 0.3) is 0 Å². The predicted octanol–water partition coefficient (Wildman–Crippen LogP) is 4.16. The van der Waals surface area contributed by atoms with E-state index in [9.17, 15) is 22.8 Å². The number of hydrogen-bond donors (Lipinski definition) is 0. The van der Waals surface area contributed by atoms with E-state index in [2.05, 4.69) is 4.74 Å². The van der Waals surface area contributed by atoms with Gasteiger partial charge in [-0.1, -0.05) is 12.1 Å². The minimum atomic E-state index is -4.37. The quantitative estimate of drug-likeness (QED) is 0.714. The first kappa shape index (κ1) is 20.0. The van der Waals surface area contributed by atoms with Crippen LogP contribution in [0.1, 0.15) is 45.3 Å². The van der Waals surface area contributed by atoms with E-state index >= 15 is 0 Å². The van der Waals surface area contributed by atoms with Gasteiger partial charge in [-0.25, -0.2) is 4.79 Å². The van der Waals surface area contributed by atoms with Crippen LogP contribution < -0.4 is 0 Å². The molecule has 2 unspecified atom stereocenters. The van der Waals surface area contributed by atoms with Gasteiger partial charge in [0.1, 0.15) is 17.1 Å². The highest BCUT2D eigenvalue weighted by Crippen LogP contribution is 2.48. The van der Waals surface area contributed by atoms with Gasteiger partial charge < -0.3 is 14.1 Å². The summed E-state index contributed by atoms with van der Waals surface area (Å²) in [5, 5.41) is 0. The van der Waals surface area contributed by atoms with Crippen LogP contribution in [-0.4, -0.2) is 30.9 Å². The number of ether oxygens (including phenoxy) is 1. The zero-order valence-corrected chi connectivity index (χ0v) is 15.7. The molecule has 0 radical (unpaired) electrons. The van der Waals surface area contributed by atoms with E-state index in [1.165, 1.54) is 24.1 Å². The number of amides is 1. The van der Waals surface area contributed by atoms with Crippen molar-refractivity contribution in [2.24, 2.45) is 5.92 Å². The Hall–Kier alpha value is -2.77. The van der Waals surface area contributed by atoms with Crippen LogP contribution in [0.4, 0.5) is 13.2 Å². The van der Waals surface area contributed by atoms with E-state index < -0.39 is 17.7 Å². The maximum atomic E-state index is 12.7. The number of rotatable bonds is 5. The second-order valence-corrected chi connectivity index (χ2v) is 6.94. The summed E-state index contributed by atoms with van der Waals surface area (Å²) in [5.74, 6) is -0.0964. The highest BCUT2D eigenvalue weighted by molar-refractivity contribution is 5.90. The van der Waals surface area contributed by atoms with Gasteiger partial charge in [-0.3, -0.25) is 4.79 Å². The summed E-state index contributed by atoms with van der Waals surface area (Å²) in [4.78, 5) is 25.7. The van der Waals surface area contributed by atoms with E-state index in [0.717, 1.165) is 17.7 Å². The van der Waals surface area contributed by atoms with E-state index in [1.54, 1.807) is 20.0 Å². The van der Waals surface area contributed by atoms with Crippen molar-refractivity contribution in [3.63, 3.8) is 0 Å². The van der Waals surface area contributed by atoms with Crippen molar-refractivity contribution in [1.29, 1.82) is 0 Å². The van der Waals surface area contributed by atoms with Gasteiger partial charge in [0, 0.05) is 13.0 Å². The van der Waals surface area contributed by atoms with E-state index in [1.807, 2.05) is 0 Å². The predicted molar refractivity (Wildman–Crippen MR) is 93.6 cm³/mol. The molecular formula is C20H20F3NO4. The normalized spacial score (nSPS) is 18.6. The molecule has 2 atom stereocenters. The summed E-state index contributed by atoms with van der Waals surface area (Å²) >= 11 is 0. The third-order valence-electron chi connectivity index (χ3n) is 4.92. The summed E-state index contributed by atoms with van der Waals surface area (Å²) in [7, 11) is 2.90. The molecule has 28 heavy (non-hydrogen) atoms. The third kappa shape index (κ3) is 4.05. The Morgan fingerprint density at radius 2 is 1.89 bits per heavy atom. The van der Waals surface area contributed by atoms with Crippen molar-refractivity contribution >= 4 is 11.9 Å². The molecule has 8 heteroatoms. The minimum Gasteiger partial charge on any atom is -0.465 e. The van der Waals surface area contributed by atoms with Gasteiger partial charge in [-0.2, -0.15) is 13.2 Å². The Labute approximate surface area is 160 Å². The van der Waals surface area contributed by atoms with Crippen LogP contribution in [0.3, 0.4) is 0 Å². The van der Waals surface area contributed by atoms with E-state index in [0.29, 0.717) is 23.5 Å². The second-order valence-electron chi connectivity index (χ2n) is 6.94. The fraction of sp³-hybridized carbons (Fsp3) is 0.400. The zero-order valence-electron chi connectivity index (χ0n) is 15.7. The van der Waals surface area contributed by atoms with Crippen LogP contribution in [-0.2, 0) is 22.3 Å². The molecule has 0 N–H and O–H groups in total. The molecule has 150 valence electrons. The molecule has 1 aromatic heterocycles. The Morgan fingerprint density at radius 1 is 1.25 bits per heavy atom. The molecule has 2 aromatic rings.